The summed E-state index contributed by atoms with van der Waals surface area (Å²) in [4.78, 5) is 21.5. The number of benzene rings is 1. The maximum Gasteiger partial charge on any atom is 0.392 e. The van der Waals surface area contributed by atoms with Crippen LogP contribution in [-0.4, -0.2) is 50.5 Å². The molecular weight excluding hydrogens is 477 g/mol. The highest BCUT2D eigenvalue weighted by Crippen LogP contribution is 2.54. The number of halogens is 3. The standard InChI is InChI=1S/C24H25F3N6O3/c1-16-12-19(30-22(29-16)36-11-8-24(25,26)27)17-14-28-32(15-17)20-3-2-18(33(34)35)13-21(20)31-9-6-23(4-5-23)7-10-31/h2-3,12-15H,4-11H2,1H3. The topological polar surface area (TPSA) is 99.2 Å². The van der Waals surface area contributed by atoms with Crippen molar-refractivity contribution in [3.8, 4) is 23.0 Å². The molecule has 0 radical (unpaired) electrons. The Hall–Kier alpha value is -3.70. The molecule has 1 aliphatic carbocycles. The SMILES string of the molecule is Cc1cc(-c2cnn(-c3ccc([N+](=O)[O-])cc3N3CCC4(CC3)CC4)c2)nc(OCCC(F)(F)F)n1. The highest BCUT2D eigenvalue weighted by atomic mass is 19.4. The Morgan fingerprint density at radius 2 is 1.86 bits per heavy atom. The number of nitro groups is 1. The van der Waals surface area contributed by atoms with Crippen LogP contribution in [0, 0.1) is 22.5 Å². The van der Waals surface area contributed by atoms with Gasteiger partial charge in [-0.15, -0.1) is 0 Å². The minimum atomic E-state index is -4.33. The number of hydrogen-bond donors (Lipinski definition) is 0. The van der Waals surface area contributed by atoms with Gasteiger partial charge in [-0.05, 0) is 50.2 Å². The Kier molecular flexibility index (Phi) is 6.05. The minimum absolute atomic E-state index is 0.0138. The van der Waals surface area contributed by atoms with Gasteiger partial charge in [0.25, 0.3) is 5.69 Å². The van der Waals surface area contributed by atoms with Crippen molar-refractivity contribution in [3.63, 3.8) is 0 Å². The molecular formula is C24H25F3N6O3. The zero-order valence-corrected chi connectivity index (χ0v) is 19.7. The second-order valence-corrected chi connectivity index (χ2v) is 9.48. The quantitative estimate of drug-likeness (QED) is 0.321. The number of aryl methyl sites for hydroxylation is 1. The molecule has 9 nitrogen and oxygen atoms in total. The number of alkyl halides is 3. The zero-order valence-electron chi connectivity index (χ0n) is 19.7. The molecule has 2 aromatic heterocycles. The molecule has 0 amide bonds. The van der Waals surface area contributed by atoms with Crippen molar-refractivity contribution >= 4 is 11.4 Å². The second-order valence-electron chi connectivity index (χ2n) is 9.48. The monoisotopic (exact) mass is 502 g/mol. The van der Waals surface area contributed by atoms with Crippen LogP contribution in [0.4, 0.5) is 24.5 Å². The maximum atomic E-state index is 12.5. The predicted molar refractivity (Wildman–Crippen MR) is 125 cm³/mol. The fourth-order valence-corrected chi connectivity index (χ4v) is 4.57. The maximum absolute atomic E-state index is 12.5. The number of non-ortho nitro benzene ring substituents is 1. The first kappa shape index (κ1) is 24.0. The zero-order chi connectivity index (χ0) is 25.5. The first-order valence-corrected chi connectivity index (χ1v) is 11.7. The summed E-state index contributed by atoms with van der Waals surface area (Å²) in [7, 11) is 0. The largest absolute Gasteiger partial charge is 0.463 e. The summed E-state index contributed by atoms with van der Waals surface area (Å²) in [6.07, 6.45) is 2.53. The van der Waals surface area contributed by atoms with E-state index in [4.69, 9.17) is 4.74 Å². The number of aromatic nitrogens is 4. The summed E-state index contributed by atoms with van der Waals surface area (Å²) in [5.74, 6) is 0. The van der Waals surface area contributed by atoms with Crippen LogP contribution in [0.5, 0.6) is 6.01 Å². The highest BCUT2D eigenvalue weighted by molar-refractivity contribution is 5.68. The van der Waals surface area contributed by atoms with Gasteiger partial charge in [-0.25, -0.2) is 9.67 Å². The van der Waals surface area contributed by atoms with Crippen molar-refractivity contribution < 1.29 is 22.8 Å². The number of ether oxygens (including phenoxy) is 1. The van der Waals surface area contributed by atoms with Crippen LogP contribution in [0.2, 0.25) is 0 Å². The van der Waals surface area contributed by atoms with Crippen molar-refractivity contribution in [1.82, 2.24) is 19.7 Å². The van der Waals surface area contributed by atoms with E-state index in [9.17, 15) is 23.3 Å². The minimum Gasteiger partial charge on any atom is -0.463 e. The van der Waals surface area contributed by atoms with Gasteiger partial charge in [0.1, 0.15) is 6.61 Å². The van der Waals surface area contributed by atoms with Crippen LogP contribution in [0.3, 0.4) is 0 Å². The Labute approximate surface area is 205 Å². The van der Waals surface area contributed by atoms with Crippen LogP contribution in [0.1, 0.15) is 37.8 Å². The van der Waals surface area contributed by atoms with Gasteiger partial charge in [0.15, 0.2) is 0 Å². The summed E-state index contributed by atoms with van der Waals surface area (Å²) >= 11 is 0. The molecule has 2 fully saturated rings. The number of anilines is 1. The summed E-state index contributed by atoms with van der Waals surface area (Å²) in [6, 6.07) is 6.27. The van der Waals surface area contributed by atoms with Gasteiger partial charge < -0.3 is 9.64 Å². The van der Waals surface area contributed by atoms with E-state index < -0.39 is 24.1 Å². The number of rotatable bonds is 7. The molecule has 0 unspecified atom stereocenters. The molecule has 0 N–H and O–H groups in total. The molecule has 1 aromatic carbocycles. The van der Waals surface area contributed by atoms with Crippen molar-refractivity contribution in [2.24, 2.45) is 5.41 Å². The van der Waals surface area contributed by atoms with Crippen LogP contribution >= 0.6 is 0 Å². The summed E-state index contributed by atoms with van der Waals surface area (Å²) in [5.41, 5.74) is 3.51. The van der Waals surface area contributed by atoms with Gasteiger partial charge >= 0.3 is 12.2 Å². The molecule has 1 aliphatic heterocycles. The predicted octanol–water partition coefficient (Wildman–Crippen LogP) is 5.26. The molecule has 3 heterocycles. The van der Waals surface area contributed by atoms with E-state index >= 15 is 0 Å². The molecule has 0 bridgehead atoms. The van der Waals surface area contributed by atoms with E-state index in [2.05, 4.69) is 20.0 Å². The molecule has 36 heavy (non-hydrogen) atoms. The second kappa shape index (κ2) is 9.07. The van der Waals surface area contributed by atoms with Gasteiger partial charge in [-0.2, -0.15) is 23.3 Å². The van der Waals surface area contributed by atoms with E-state index in [0.29, 0.717) is 28.1 Å². The van der Waals surface area contributed by atoms with E-state index in [0.717, 1.165) is 31.6 Å². The first-order chi connectivity index (χ1) is 17.1. The Bertz CT molecular complexity index is 1280. The van der Waals surface area contributed by atoms with Gasteiger partial charge in [0, 0.05) is 42.7 Å². The number of nitrogens with zero attached hydrogens (tertiary/aromatic N) is 6. The van der Waals surface area contributed by atoms with Gasteiger partial charge in [-0.3, -0.25) is 10.1 Å². The Morgan fingerprint density at radius 3 is 2.53 bits per heavy atom. The van der Waals surface area contributed by atoms with Crippen molar-refractivity contribution in [2.45, 2.75) is 45.2 Å². The average Bonchev–Trinajstić information content (AvgIpc) is 3.38. The van der Waals surface area contributed by atoms with Crippen molar-refractivity contribution in [1.29, 1.82) is 0 Å². The highest BCUT2D eigenvalue weighted by Gasteiger charge is 2.44. The summed E-state index contributed by atoms with van der Waals surface area (Å²) in [6.45, 7) is 2.77. The molecule has 1 saturated carbocycles. The third-order valence-electron chi connectivity index (χ3n) is 6.87. The molecule has 2 aliphatic rings. The Morgan fingerprint density at radius 1 is 1.11 bits per heavy atom. The lowest BCUT2D eigenvalue weighted by Crippen LogP contribution is -2.35. The Balaban J connectivity index is 1.42. The van der Waals surface area contributed by atoms with E-state index in [-0.39, 0.29) is 11.7 Å². The normalized spacial score (nSPS) is 16.8. The lowest BCUT2D eigenvalue weighted by Gasteiger charge is -2.34. The van der Waals surface area contributed by atoms with Crippen molar-refractivity contribution in [3.05, 3.63) is 52.5 Å². The fraction of sp³-hybridized carbons (Fsp3) is 0.458. The van der Waals surface area contributed by atoms with E-state index in [1.165, 1.54) is 18.9 Å². The molecule has 1 saturated heterocycles. The van der Waals surface area contributed by atoms with Gasteiger partial charge in [0.2, 0.25) is 0 Å². The molecule has 0 atom stereocenters. The summed E-state index contributed by atoms with van der Waals surface area (Å²) in [5, 5.41) is 15.9. The molecule has 5 rings (SSSR count). The van der Waals surface area contributed by atoms with Crippen molar-refractivity contribution in [2.75, 3.05) is 24.6 Å². The average molecular weight is 502 g/mol. The summed E-state index contributed by atoms with van der Waals surface area (Å²) < 4.78 is 44.1. The fourth-order valence-electron chi connectivity index (χ4n) is 4.57. The van der Waals surface area contributed by atoms with E-state index in [1.54, 1.807) is 42.2 Å². The first-order valence-electron chi connectivity index (χ1n) is 11.7. The van der Waals surface area contributed by atoms with Crippen LogP contribution < -0.4 is 9.64 Å². The number of piperidine rings is 1. The number of hydrogen-bond acceptors (Lipinski definition) is 7. The molecule has 1 spiro atoms. The third-order valence-corrected chi connectivity index (χ3v) is 6.87. The molecule has 12 heteroatoms. The van der Waals surface area contributed by atoms with Gasteiger partial charge in [0.05, 0.1) is 34.6 Å². The van der Waals surface area contributed by atoms with Crippen LogP contribution in [-0.2, 0) is 0 Å². The van der Waals surface area contributed by atoms with Gasteiger partial charge in [-0.1, -0.05) is 0 Å². The molecule has 190 valence electrons. The van der Waals surface area contributed by atoms with Crippen LogP contribution in [0.25, 0.3) is 16.9 Å². The number of nitro benzene ring substituents is 1. The third kappa shape index (κ3) is 5.26. The van der Waals surface area contributed by atoms with E-state index in [1.807, 2.05) is 0 Å². The molecule has 3 aromatic rings. The lowest BCUT2D eigenvalue weighted by molar-refractivity contribution is -0.384. The smallest absolute Gasteiger partial charge is 0.392 e. The lowest BCUT2D eigenvalue weighted by atomic mass is 9.93. The van der Waals surface area contributed by atoms with Crippen LogP contribution in [0.15, 0.2) is 36.7 Å².